The maximum absolute atomic E-state index is 13.9. The topological polar surface area (TPSA) is 91.6 Å². The van der Waals surface area contributed by atoms with Crippen molar-refractivity contribution in [2.24, 2.45) is 0 Å². The van der Waals surface area contributed by atoms with E-state index in [1.54, 1.807) is 6.08 Å². The minimum absolute atomic E-state index is 0.0640. The summed E-state index contributed by atoms with van der Waals surface area (Å²) in [6.45, 7) is 0. The monoisotopic (exact) mass is 647 g/mol. The molecule has 1 fully saturated rings. The van der Waals surface area contributed by atoms with Gasteiger partial charge in [0.15, 0.2) is 5.11 Å². The number of rotatable bonds is 6. The molecule has 0 unspecified atom stereocenters. The van der Waals surface area contributed by atoms with Gasteiger partial charge in [-0.1, -0.05) is 76.6 Å². The van der Waals surface area contributed by atoms with E-state index in [-0.39, 0.29) is 16.2 Å². The van der Waals surface area contributed by atoms with E-state index < -0.39 is 17.8 Å². The molecule has 1 saturated heterocycles. The third-order valence-electron chi connectivity index (χ3n) is 7.01. The van der Waals surface area contributed by atoms with Gasteiger partial charge in [-0.05, 0) is 84.0 Å². The molecule has 6 rings (SSSR count). The van der Waals surface area contributed by atoms with Crippen LogP contribution < -0.4 is 10.2 Å². The molecule has 4 aromatic carbocycles. The number of hydrogen-bond donors (Lipinski definition) is 2. The van der Waals surface area contributed by atoms with Crippen molar-refractivity contribution in [1.29, 1.82) is 0 Å². The number of benzene rings is 4. The molecule has 2 amide bonds. The summed E-state index contributed by atoms with van der Waals surface area (Å²) in [6, 6.07) is 35.3. The van der Waals surface area contributed by atoms with Crippen LogP contribution in [0.2, 0.25) is 0 Å². The molecule has 7 nitrogen and oxygen atoms in total. The fourth-order valence-electron chi connectivity index (χ4n) is 5.01. The van der Waals surface area contributed by atoms with Crippen molar-refractivity contribution >= 4 is 62.8 Å². The highest BCUT2D eigenvalue weighted by atomic mass is 79.9. The zero-order valence-electron chi connectivity index (χ0n) is 22.4. The van der Waals surface area contributed by atoms with E-state index >= 15 is 0 Å². The Morgan fingerprint density at radius 2 is 1.37 bits per heavy atom. The smallest absolute Gasteiger partial charge is 0.335 e. The summed E-state index contributed by atoms with van der Waals surface area (Å²) < 4.78 is 3.05. The van der Waals surface area contributed by atoms with Crippen LogP contribution in [0.5, 0.6) is 0 Å². The second-order valence-electron chi connectivity index (χ2n) is 9.69. The molecule has 0 radical (unpaired) electrons. The number of aromatic nitrogens is 1. The molecule has 9 heteroatoms. The van der Waals surface area contributed by atoms with E-state index in [0.717, 1.165) is 32.7 Å². The number of aromatic carboxylic acids is 1. The molecule has 1 aromatic heterocycles. The van der Waals surface area contributed by atoms with Gasteiger partial charge in [0.25, 0.3) is 11.8 Å². The second kappa shape index (κ2) is 11.6. The van der Waals surface area contributed by atoms with E-state index in [1.807, 2.05) is 91.0 Å². The fraction of sp³-hybridized carbons (Fsp3) is 0. The molecule has 0 saturated carbocycles. The largest absolute Gasteiger partial charge is 0.478 e. The molecular weight excluding hydrogens is 626 g/mol. The average Bonchev–Trinajstić information content (AvgIpc) is 3.40. The lowest BCUT2D eigenvalue weighted by atomic mass is 10.0. The summed E-state index contributed by atoms with van der Waals surface area (Å²) in [5.41, 5.74) is 5.34. The van der Waals surface area contributed by atoms with Crippen molar-refractivity contribution in [3.8, 4) is 28.2 Å². The SMILES string of the molecule is O=C1NC(=S)N(c2ccc(C(=O)O)cc2)C(=O)/C1=C\c1cc(-c2ccccc2)n(-c2ccc(Br)cc2)c1-c1ccccc1. The van der Waals surface area contributed by atoms with Crippen molar-refractivity contribution in [1.82, 2.24) is 9.88 Å². The normalized spacial score (nSPS) is 14.2. The predicted molar refractivity (Wildman–Crippen MR) is 174 cm³/mol. The molecule has 0 atom stereocenters. The molecule has 1 aliphatic rings. The molecule has 5 aromatic rings. The van der Waals surface area contributed by atoms with E-state index in [2.05, 4.69) is 25.8 Å². The molecule has 2 heterocycles. The van der Waals surface area contributed by atoms with Crippen LogP contribution in [-0.4, -0.2) is 32.6 Å². The van der Waals surface area contributed by atoms with Crippen molar-refractivity contribution < 1.29 is 19.5 Å². The van der Waals surface area contributed by atoms with Crippen molar-refractivity contribution in [3.63, 3.8) is 0 Å². The summed E-state index contributed by atoms with van der Waals surface area (Å²) in [4.78, 5) is 39.7. The van der Waals surface area contributed by atoms with Crippen LogP contribution in [0.3, 0.4) is 0 Å². The van der Waals surface area contributed by atoms with Crippen molar-refractivity contribution in [3.05, 3.63) is 136 Å². The number of thiocarbonyl (C=S) groups is 1. The fourth-order valence-corrected chi connectivity index (χ4v) is 5.56. The Hall–Kier alpha value is -5.12. The van der Waals surface area contributed by atoms with E-state index in [0.29, 0.717) is 11.3 Å². The van der Waals surface area contributed by atoms with Gasteiger partial charge >= 0.3 is 5.97 Å². The Balaban J connectivity index is 1.56. The molecule has 43 heavy (non-hydrogen) atoms. The van der Waals surface area contributed by atoms with Crippen LogP contribution in [0.4, 0.5) is 5.69 Å². The van der Waals surface area contributed by atoms with Gasteiger partial charge in [-0.15, -0.1) is 0 Å². The number of carbonyl (C=O) groups is 3. The van der Waals surface area contributed by atoms with Crippen molar-refractivity contribution in [2.45, 2.75) is 0 Å². The lowest BCUT2D eigenvalue weighted by Crippen LogP contribution is -2.54. The zero-order chi connectivity index (χ0) is 30.1. The number of hydrogen-bond acceptors (Lipinski definition) is 4. The highest BCUT2D eigenvalue weighted by Crippen LogP contribution is 2.38. The van der Waals surface area contributed by atoms with Crippen LogP contribution in [0, 0.1) is 0 Å². The Labute approximate surface area is 260 Å². The van der Waals surface area contributed by atoms with Gasteiger partial charge in [0.05, 0.1) is 22.6 Å². The van der Waals surface area contributed by atoms with Gasteiger partial charge in [0.1, 0.15) is 5.57 Å². The second-order valence-corrected chi connectivity index (χ2v) is 11.0. The van der Waals surface area contributed by atoms with Crippen molar-refractivity contribution in [2.75, 3.05) is 4.90 Å². The first-order valence-electron chi connectivity index (χ1n) is 13.2. The highest BCUT2D eigenvalue weighted by molar-refractivity contribution is 9.10. The van der Waals surface area contributed by atoms with Crippen LogP contribution in [-0.2, 0) is 9.59 Å². The maximum Gasteiger partial charge on any atom is 0.335 e. The highest BCUT2D eigenvalue weighted by Gasteiger charge is 2.35. The summed E-state index contributed by atoms with van der Waals surface area (Å²) in [5.74, 6) is -2.33. The van der Waals surface area contributed by atoms with E-state index in [4.69, 9.17) is 12.2 Å². The number of nitrogens with one attached hydrogen (secondary N) is 1. The first-order valence-corrected chi connectivity index (χ1v) is 14.4. The molecule has 2 N–H and O–H groups in total. The number of amides is 2. The molecule has 0 aliphatic carbocycles. The van der Waals surface area contributed by atoms with Crippen LogP contribution in [0.25, 0.3) is 34.3 Å². The van der Waals surface area contributed by atoms with Gasteiger partial charge in [-0.2, -0.15) is 0 Å². The first kappa shape index (κ1) is 28.0. The number of anilines is 1. The Kier molecular flexibility index (Phi) is 7.58. The number of carbonyl (C=O) groups excluding carboxylic acids is 2. The summed E-state index contributed by atoms with van der Waals surface area (Å²) in [7, 11) is 0. The summed E-state index contributed by atoms with van der Waals surface area (Å²) >= 11 is 8.88. The van der Waals surface area contributed by atoms with Crippen LogP contribution in [0.15, 0.2) is 125 Å². The van der Waals surface area contributed by atoms with E-state index in [1.165, 1.54) is 29.2 Å². The van der Waals surface area contributed by atoms with Gasteiger partial charge in [0.2, 0.25) is 0 Å². The minimum atomic E-state index is -1.09. The molecule has 0 spiro atoms. The van der Waals surface area contributed by atoms with E-state index in [9.17, 15) is 19.5 Å². The quantitative estimate of drug-likeness (QED) is 0.116. The Morgan fingerprint density at radius 3 is 1.98 bits per heavy atom. The predicted octanol–water partition coefficient (Wildman–Crippen LogP) is 7.10. The summed E-state index contributed by atoms with van der Waals surface area (Å²) in [6.07, 6.45) is 1.59. The Bertz CT molecular complexity index is 1920. The van der Waals surface area contributed by atoms with Crippen LogP contribution in [0.1, 0.15) is 15.9 Å². The lowest BCUT2D eigenvalue weighted by Gasteiger charge is -2.29. The maximum atomic E-state index is 13.9. The minimum Gasteiger partial charge on any atom is -0.478 e. The molecule has 1 aliphatic heterocycles. The first-order chi connectivity index (χ1) is 20.8. The molecule has 210 valence electrons. The molecular formula is C34H22BrN3O4S. The van der Waals surface area contributed by atoms with Gasteiger partial charge in [-0.3, -0.25) is 19.8 Å². The number of nitrogens with zero attached hydrogens (tertiary/aromatic N) is 2. The van der Waals surface area contributed by atoms with Gasteiger partial charge in [-0.25, -0.2) is 4.79 Å². The van der Waals surface area contributed by atoms with Crippen LogP contribution >= 0.6 is 28.1 Å². The summed E-state index contributed by atoms with van der Waals surface area (Å²) in [5, 5.41) is 11.8. The zero-order valence-corrected chi connectivity index (χ0v) is 24.8. The van der Waals surface area contributed by atoms with Gasteiger partial charge < -0.3 is 9.67 Å². The average molecular weight is 649 g/mol. The number of carboxylic acids is 1. The number of carboxylic acid groups (broad SMARTS) is 1. The third kappa shape index (κ3) is 5.43. The standard InChI is InChI=1S/C34H22BrN3O4S/c35-25-13-17-26(18-14-25)37-29(21-7-3-1-4-8-21)20-24(30(37)22-9-5-2-6-10-22)19-28-31(39)36-34(43)38(32(28)40)27-15-11-23(12-16-27)33(41)42/h1-20H,(H,41,42)(H,36,39,43)/b28-19-. The lowest BCUT2D eigenvalue weighted by molar-refractivity contribution is -0.122. The third-order valence-corrected chi connectivity index (χ3v) is 7.82. The molecule has 0 bridgehead atoms. The Morgan fingerprint density at radius 1 is 0.791 bits per heavy atom. The number of halogens is 1. The van der Waals surface area contributed by atoms with Gasteiger partial charge in [0, 0.05) is 15.7 Å².